The maximum atomic E-state index is 10.7. The highest BCUT2D eigenvalue weighted by atomic mass is 16.1. The third-order valence-corrected chi connectivity index (χ3v) is 2.02. The molecule has 0 saturated heterocycles. The zero-order valence-electron chi connectivity index (χ0n) is 7.63. The summed E-state index contributed by atoms with van der Waals surface area (Å²) in [6.45, 7) is 3.57. The Hall–Kier alpha value is -1.05. The maximum absolute atomic E-state index is 10.7. The summed E-state index contributed by atoms with van der Waals surface area (Å²) in [5.41, 5.74) is 1.31. The number of rotatable bonds is 2. The Morgan fingerprint density at radius 1 is 1.67 bits per heavy atom. The summed E-state index contributed by atoms with van der Waals surface area (Å²) in [6, 6.07) is 0.187. The van der Waals surface area contributed by atoms with E-state index in [2.05, 4.69) is 23.5 Å². The molecule has 1 rings (SSSR count). The molecule has 1 unspecified atom stereocenters. The molecule has 1 N–H and O–H groups in total. The molecule has 2 nitrogen and oxygen atoms in total. The van der Waals surface area contributed by atoms with Gasteiger partial charge in [-0.25, -0.2) is 0 Å². The van der Waals surface area contributed by atoms with Gasteiger partial charge in [-0.05, 0) is 25.3 Å². The summed E-state index contributed by atoms with van der Waals surface area (Å²) >= 11 is 0. The van der Waals surface area contributed by atoms with Crippen molar-refractivity contribution in [2.75, 3.05) is 0 Å². The predicted octanol–water partition coefficient (Wildman–Crippen LogP) is 1.79. The van der Waals surface area contributed by atoms with Gasteiger partial charge in [-0.3, -0.25) is 4.79 Å². The molecule has 1 atom stereocenters. The zero-order chi connectivity index (χ0) is 8.97. The summed E-state index contributed by atoms with van der Waals surface area (Å²) in [6.07, 6.45) is 8.44. The molecule has 0 aliphatic heterocycles. The van der Waals surface area contributed by atoms with Gasteiger partial charge in [0.15, 0.2) is 0 Å². The average molecular weight is 165 g/mol. The average Bonchev–Trinajstić information content (AvgIpc) is 2.05. The van der Waals surface area contributed by atoms with Crippen LogP contribution in [0.3, 0.4) is 0 Å². The van der Waals surface area contributed by atoms with Crippen molar-refractivity contribution in [2.45, 2.75) is 32.7 Å². The highest BCUT2D eigenvalue weighted by Gasteiger charge is 2.09. The van der Waals surface area contributed by atoms with Crippen LogP contribution in [0.1, 0.15) is 26.7 Å². The fourth-order valence-corrected chi connectivity index (χ4v) is 1.38. The van der Waals surface area contributed by atoms with Crippen molar-refractivity contribution >= 4 is 5.91 Å². The molecule has 2 heteroatoms. The van der Waals surface area contributed by atoms with Gasteiger partial charge in [0.1, 0.15) is 0 Å². The SMILES string of the molecule is CC(=O)NC(C)C1=CC=CCC1. The Morgan fingerprint density at radius 3 is 2.92 bits per heavy atom. The molecule has 66 valence electrons. The standard InChI is InChI=1S/C10H15NO/c1-8(11-9(2)12)10-6-4-3-5-7-10/h3-4,6,8H,5,7H2,1-2H3,(H,11,12). The van der Waals surface area contributed by atoms with Crippen LogP contribution in [-0.4, -0.2) is 11.9 Å². The van der Waals surface area contributed by atoms with E-state index < -0.39 is 0 Å². The van der Waals surface area contributed by atoms with Gasteiger partial charge < -0.3 is 5.32 Å². The molecule has 0 radical (unpaired) electrons. The molecular weight excluding hydrogens is 150 g/mol. The van der Waals surface area contributed by atoms with Crippen molar-refractivity contribution in [1.82, 2.24) is 5.32 Å². The molecule has 0 bridgehead atoms. The van der Waals surface area contributed by atoms with Crippen LogP contribution in [0.5, 0.6) is 0 Å². The van der Waals surface area contributed by atoms with E-state index in [1.807, 2.05) is 6.92 Å². The number of amides is 1. The first-order chi connectivity index (χ1) is 5.70. The van der Waals surface area contributed by atoms with E-state index >= 15 is 0 Å². The largest absolute Gasteiger partial charge is 0.350 e. The molecule has 0 saturated carbocycles. The molecule has 1 amide bonds. The van der Waals surface area contributed by atoms with E-state index in [4.69, 9.17) is 0 Å². The summed E-state index contributed by atoms with van der Waals surface area (Å²) in [5.74, 6) is 0.0398. The monoisotopic (exact) mass is 165 g/mol. The van der Waals surface area contributed by atoms with Gasteiger partial charge >= 0.3 is 0 Å². The summed E-state index contributed by atoms with van der Waals surface area (Å²) in [5, 5.41) is 2.87. The first kappa shape index (κ1) is 9.04. The van der Waals surface area contributed by atoms with Gasteiger partial charge in [0.2, 0.25) is 5.91 Å². The Labute approximate surface area is 73.4 Å². The molecule has 1 aliphatic rings. The first-order valence-corrected chi connectivity index (χ1v) is 4.33. The van der Waals surface area contributed by atoms with Crippen LogP contribution < -0.4 is 5.32 Å². The highest BCUT2D eigenvalue weighted by Crippen LogP contribution is 2.14. The van der Waals surface area contributed by atoms with Gasteiger partial charge in [-0.15, -0.1) is 0 Å². The van der Waals surface area contributed by atoms with Crippen LogP contribution in [-0.2, 0) is 4.79 Å². The lowest BCUT2D eigenvalue weighted by molar-refractivity contribution is -0.119. The molecule has 0 spiro atoms. The lowest BCUT2D eigenvalue weighted by atomic mass is 9.99. The minimum Gasteiger partial charge on any atom is -0.350 e. The van der Waals surface area contributed by atoms with E-state index in [1.54, 1.807) is 6.92 Å². The zero-order valence-corrected chi connectivity index (χ0v) is 7.63. The fraction of sp³-hybridized carbons (Fsp3) is 0.500. The topological polar surface area (TPSA) is 29.1 Å². The molecule has 0 heterocycles. The Morgan fingerprint density at radius 2 is 2.42 bits per heavy atom. The van der Waals surface area contributed by atoms with Crippen molar-refractivity contribution in [2.24, 2.45) is 0 Å². The predicted molar refractivity (Wildman–Crippen MR) is 49.7 cm³/mol. The van der Waals surface area contributed by atoms with Crippen molar-refractivity contribution in [3.05, 3.63) is 23.8 Å². The second kappa shape index (κ2) is 4.10. The molecule has 12 heavy (non-hydrogen) atoms. The number of carbonyl (C=O) groups is 1. The highest BCUT2D eigenvalue weighted by molar-refractivity contribution is 5.73. The normalized spacial score (nSPS) is 18.3. The van der Waals surface area contributed by atoms with Gasteiger partial charge in [-0.2, -0.15) is 0 Å². The smallest absolute Gasteiger partial charge is 0.217 e. The number of allylic oxidation sites excluding steroid dienone is 3. The second-order valence-electron chi connectivity index (χ2n) is 3.13. The quantitative estimate of drug-likeness (QED) is 0.664. The van der Waals surface area contributed by atoms with E-state index in [0.717, 1.165) is 12.8 Å². The summed E-state index contributed by atoms with van der Waals surface area (Å²) in [4.78, 5) is 10.7. The Kier molecular flexibility index (Phi) is 3.09. The van der Waals surface area contributed by atoms with Crippen molar-refractivity contribution in [3.8, 4) is 0 Å². The number of hydrogen-bond donors (Lipinski definition) is 1. The molecule has 0 fully saturated rings. The van der Waals surface area contributed by atoms with E-state index in [1.165, 1.54) is 5.57 Å². The summed E-state index contributed by atoms with van der Waals surface area (Å²) < 4.78 is 0. The third-order valence-electron chi connectivity index (χ3n) is 2.02. The van der Waals surface area contributed by atoms with Crippen molar-refractivity contribution < 1.29 is 4.79 Å². The fourth-order valence-electron chi connectivity index (χ4n) is 1.38. The minimum atomic E-state index is 0.0398. The van der Waals surface area contributed by atoms with Crippen molar-refractivity contribution in [3.63, 3.8) is 0 Å². The van der Waals surface area contributed by atoms with Crippen LogP contribution >= 0.6 is 0 Å². The first-order valence-electron chi connectivity index (χ1n) is 4.33. The van der Waals surface area contributed by atoms with E-state index in [9.17, 15) is 4.79 Å². The van der Waals surface area contributed by atoms with E-state index in [0.29, 0.717) is 0 Å². The number of carbonyl (C=O) groups excluding carboxylic acids is 1. The second-order valence-corrected chi connectivity index (χ2v) is 3.13. The van der Waals surface area contributed by atoms with Crippen molar-refractivity contribution in [1.29, 1.82) is 0 Å². The summed E-state index contributed by atoms with van der Waals surface area (Å²) in [7, 11) is 0. The molecule has 0 aromatic rings. The minimum absolute atomic E-state index is 0.0398. The van der Waals surface area contributed by atoms with Gasteiger partial charge in [0.05, 0.1) is 0 Å². The number of hydrogen-bond acceptors (Lipinski definition) is 1. The molecule has 0 aromatic heterocycles. The number of nitrogens with one attached hydrogen (secondary N) is 1. The molecular formula is C10H15NO. The molecule has 1 aliphatic carbocycles. The van der Waals surface area contributed by atoms with Crippen LogP contribution in [0.2, 0.25) is 0 Å². The maximum Gasteiger partial charge on any atom is 0.217 e. The van der Waals surface area contributed by atoms with Gasteiger partial charge in [-0.1, -0.05) is 18.2 Å². The van der Waals surface area contributed by atoms with Gasteiger partial charge in [0.25, 0.3) is 0 Å². The lowest BCUT2D eigenvalue weighted by Gasteiger charge is -2.17. The van der Waals surface area contributed by atoms with Crippen LogP contribution in [0.25, 0.3) is 0 Å². The third kappa shape index (κ3) is 2.53. The van der Waals surface area contributed by atoms with Crippen LogP contribution in [0.15, 0.2) is 23.8 Å². The van der Waals surface area contributed by atoms with E-state index in [-0.39, 0.29) is 11.9 Å². The van der Waals surface area contributed by atoms with Crippen LogP contribution in [0, 0.1) is 0 Å². The Balaban J connectivity index is 2.51. The lowest BCUT2D eigenvalue weighted by Crippen LogP contribution is -2.32. The van der Waals surface area contributed by atoms with Crippen LogP contribution in [0.4, 0.5) is 0 Å². The molecule has 0 aromatic carbocycles. The Bertz CT molecular complexity index is 228. The van der Waals surface area contributed by atoms with Gasteiger partial charge in [0, 0.05) is 13.0 Å².